The van der Waals surface area contributed by atoms with E-state index in [0.29, 0.717) is 25.9 Å². The van der Waals surface area contributed by atoms with Crippen LogP contribution in [0, 0.1) is 11.8 Å². The number of nitrogens with one attached hydrogen (secondary N) is 2. The van der Waals surface area contributed by atoms with Gasteiger partial charge in [-0.05, 0) is 41.5 Å². The second kappa shape index (κ2) is 10.1. The molecule has 184 valence electrons. The quantitative estimate of drug-likeness (QED) is 0.563. The molecule has 3 aliphatic rings. The molecule has 35 heavy (non-hydrogen) atoms. The Morgan fingerprint density at radius 3 is 2.34 bits per heavy atom. The van der Waals surface area contributed by atoms with E-state index in [0.717, 1.165) is 17.5 Å². The van der Waals surface area contributed by atoms with Gasteiger partial charge in [-0.3, -0.25) is 9.59 Å². The van der Waals surface area contributed by atoms with E-state index >= 15 is 0 Å². The molecule has 2 aromatic rings. The fourth-order valence-electron chi connectivity index (χ4n) is 5.69. The first-order chi connectivity index (χ1) is 17.0. The Hall–Kier alpha value is -3.39. The molecule has 1 aliphatic heterocycles. The van der Waals surface area contributed by atoms with Crippen LogP contribution in [0.5, 0.6) is 0 Å². The lowest BCUT2D eigenvalue weighted by Gasteiger charge is -2.23. The van der Waals surface area contributed by atoms with Gasteiger partial charge in [-0.1, -0.05) is 55.0 Å². The van der Waals surface area contributed by atoms with E-state index in [2.05, 4.69) is 34.9 Å². The number of carbonyl (C=O) groups is 3. The summed E-state index contributed by atoms with van der Waals surface area (Å²) in [5.74, 6) is -1.96. The second-order valence-electron chi connectivity index (χ2n) is 9.54. The van der Waals surface area contributed by atoms with E-state index in [-0.39, 0.29) is 36.9 Å². The minimum atomic E-state index is -0.881. The van der Waals surface area contributed by atoms with Crippen molar-refractivity contribution in [3.05, 3.63) is 59.7 Å². The van der Waals surface area contributed by atoms with Gasteiger partial charge < -0.3 is 25.2 Å². The summed E-state index contributed by atoms with van der Waals surface area (Å²) in [6, 6.07) is 15.9. The minimum Gasteiger partial charge on any atom is -0.481 e. The number of rotatable bonds is 7. The summed E-state index contributed by atoms with van der Waals surface area (Å²) in [7, 11) is 0. The molecule has 8 nitrogen and oxygen atoms in total. The predicted octanol–water partition coefficient (Wildman–Crippen LogP) is 3.30. The van der Waals surface area contributed by atoms with Gasteiger partial charge in [0, 0.05) is 31.0 Å². The van der Waals surface area contributed by atoms with Gasteiger partial charge in [0.1, 0.15) is 12.7 Å². The highest BCUT2D eigenvalue weighted by Gasteiger charge is 2.39. The van der Waals surface area contributed by atoms with Crippen molar-refractivity contribution in [2.45, 2.75) is 43.7 Å². The number of hydrogen-bond donors (Lipinski definition) is 3. The van der Waals surface area contributed by atoms with Crippen molar-refractivity contribution in [2.24, 2.45) is 11.8 Å². The van der Waals surface area contributed by atoms with Gasteiger partial charge in [-0.2, -0.15) is 0 Å². The van der Waals surface area contributed by atoms with Gasteiger partial charge in [0.25, 0.3) is 0 Å². The Balaban J connectivity index is 1.14. The van der Waals surface area contributed by atoms with Crippen LogP contribution in [0.15, 0.2) is 48.5 Å². The Bertz CT molecular complexity index is 1070. The molecule has 1 saturated carbocycles. The van der Waals surface area contributed by atoms with E-state index in [4.69, 9.17) is 9.47 Å². The van der Waals surface area contributed by atoms with Crippen LogP contribution in [0.2, 0.25) is 0 Å². The molecule has 4 atom stereocenters. The van der Waals surface area contributed by atoms with Crippen molar-refractivity contribution in [1.82, 2.24) is 10.6 Å². The fourth-order valence-corrected chi connectivity index (χ4v) is 5.69. The van der Waals surface area contributed by atoms with Gasteiger partial charge in [-0.15, -0.1) is 0 Å². The molecular formula is C27H30N2O6. The Kier molecular flexibility index (Phi) is 6.72. The summed E-state index contributed by atoms with van der Waals surface area (Å²) in [6.07, 6.45) is 1.39. The number of carbonyl (C=O) groups excluding carboxylic acids is 2. The fraction of sp³-hybridized carbons (Fsp3) is 0.444. The number of amides is 2. The van der Waals surface area contributed by atoms with Crippen molar-refractivity contribution in [3.63, 3.8) is 0 Å². The highest BCUT2D eigenvalue weighted by molar-refractivity contribution is 5.83. The molecule has 2 aromatic carbocycles. The monoisotopic (exact) mass is 478 g/mol. The van der Waals surface area contributed by atoms with Crippen molar-refractivity contribution in [2.75, 3.05) is 19.8 Å². The van der Waals surface area contributed by atoms with Crippen LogP contribution in [-0.4, -0.2) is 55.0 Å². The molecule has 2 amide bonds. The van der Waals surface area contributed by atoms with E-state index in [1.807, 2.05) is 24.3 Å². The Morgan fingerprint density at radius 1 is 0.971 bits per heavy atom. The number of carboxylic acid groups (broad SMARTS) is 1. The molecule has 0 radical (unpaired) electrons. The molecular weight excluding hydrogens is 448 g/mol. The lowest BCUT2D eigenvalue weighted by molar-refractivity contribution is -0.142. The average molecular weight is 479 g/mol. The van der Waals surface area contributed by atoms with Crippen LogP contribution >= 0.6 is 0 Å². The lowest BCUT2D eigenvalue weighted by Crippen LogP contribution is -2.48. The highest BCUT2D eigenvalue weighted by Crippen LogP contribution is 2.44. The molecule has 1 heterocycles. The van der Waals surface area contributed by atoms with Crippen LogP contribution < -0.4 is 10.6 Å². The molecule has 0 aromatic heterocycles. The van der Waals surface area contributed by atoms with Crippen molar-refractivity contribution >= 4 is 18.0 Å². The first kappa shape index (κ1) is 23.4. The Morgan fingerprint density at radius 2 is 1.66 bits per heavy atom. The zero-order valence-electron chi connectivity index (χ0n) is 19.4. The van der Waals surface area contributed by atoms with E-state index in [1.165, 1.54) is 11.1 Å². The molecule has 8 heteroatoms. The minimum absolute atomic E-state index is 0.0184. The molecule has 2 unspecified atom stereocenters. The van der Waals surface area contributed by atoms with Crippen LogP contribution in [0.4, 0.5) is 4.79 Å². The first-order valence-corrected chi connectivity index (χ1v) is 12.3. The number of ether oxygens (including phenoxy) is 2. The molecule has 5 rings (SSSR count). The van der Waals surface area contributed by atoms with Gasteiger partial charge in [0.2, 0.25) is 5.91 Å². The van der Waals surface area contributed by atoms with Crippen molar-refractivity contribution in [3.8, 4) is 11.1 Å². The standard InChI is InChI=1S/C27H30N2O6/c30-25(29-23-11-5-10-21(23)26(31)32)24-16(12-13-34-24)14-28-27(33)35-15-22-19-8-3-1-6-17(19)18-7-2-4-9-20(18)22/h1-4,6-9,16,21-24H,5,10-15H2,(H,28,33)(H,29,30)(H,31,32)/t16?,21-,23+,24?/m0/s1. The number of hydrogen-bond acceptors (Lipinski definition) is 5. The topological polar surface area (TPSA) is 114 Å². The predicted molar refractivity (Wildman–Crippen MR) is 128 cm³/mol. The number of fused-ring (bicyclic) bond motifs is 3. The molecule has 2 fully saturated rings. The van der Waals surface area contributed by atoms with Crippen LogP contribution in [-0.2, 0) is 19.1 Å². The van der Waals surface area contributed by atoms with Crippen LogP contribution in [0.1, 0.15) is 42.7 Å². The van der Waals surface area contributed by atoms with Gasteiger partial charge in [0.15, 0.2) is 0 Å². The summed E-state index contributed by atoms with van der Waals surface area (Å²) < 4.78 is 11.2. The summed E-state index contributed by atoms with van der Waals surface area (Å²) >= 11 is 0. The second-order valence-corrected chi connectivity index (χ2v) is 9.54. The smallest absolute Gasteiger partial charge is 0.407 e. The molecule has 0 bridgehead atoms. The van der Waals surface area contributed by atoms with E-state index in [1.54, 1.807) is 0 Å². The molecule has 2 aliphatic carbocycles. The van der Waals surface area contributed by atoms with Gasteiger partial charge >= 0.3 is 12.1 Å². The SMILES string of the molecule is O=C(NCC1CCOC1C(=O)N[C@@H]1CCC[C@@H]1C(=O)O)OCC1c2ccccc2-c2ccccc21. The summed E-state index contributed by atoms with van der Waals surface area (Å²) in [5, 5.41) is 15.0. The number of benzene rings is 2. The highest BCUT2D eigenvalue weighted by atomic mass is 16.5. The zero-order valence-corrected chi connectivity index (χ0v) is 19.4. The third kappa shape index (κ3) is 4.75. The first-order valence-electron chi connectivity index (χ1n) is 12.3. The summed E-state index contributed by atoms with van der Waals surface area (Å²) in [5.41, 5.74) is 4.63. The average Bonchev–Trinajstić information content (AvgIpc) is 3.59. The van der Waals surface area contributed by atoms with Crippen molar-refractivity contribution < 1.29 is 29.0 Å². The molecule has 3 N–H and O–H groups in total. The third-order valence-corrected chi connectivity index (χ3v) is 7.49. The molecule has 1 saturated heterocycles. The lowest BCUT2D eigenvalue weighted by atomic mass is 9.98. The van der Waals surface area contributed by atoms with Gasteiger partial charge in [-0.25, -0.2) is 4.79 Å². The number of carboxylic acids is 1. The summed E-state index contributed by atoms with van der Waals surface area (Å²) in [4.78, 5) is 36.7. The normalized spacial score (nSPS) is 25.0. The Labute approximate surface area is 204 Å². The maximum absolute atomic E-state index is 12.8. The van der Waals surface area contributed by atoms with E-state index < -0.39 is 24.1 Å². The summed E-state index contributed by atoms with van der Waals surface area (Å²) in [6.45, 7) is 0.896. The number of aliphatic carboxylic acids is 1. The van der Waals surface area contributed by atoms with Crippen LogP contribution in [0.25, 0.3) is 11.1 Å². The van der Waals surface area contributed by atoms with Crippen molar-refractivity contribution in [1.29, 1.82) is 0 Å². The zero-order chi connectivity index (χ0) is 24.4. The van der Waals surface area contributed by atoms with Crippen LogP contribution in [0.3, 0.4) is 0 Å². The maximum Gasteiger partial charge on any atom is 0.407 e. The van der Waals surface area contributed by atoms with Gasteiger partial charge in [0.05, 0.1) is 5.92 Å². The maximum atomic E-state index is 12.8. The molecule has 0 spiro atoms. The number of alkyl carbamates (subject to hydrolysis) is 1. The van der Waals surface area contributed by atoms with E-state index in [9.17, 15) is 19.5 Å². The third-order valence-electron chi connectivity index (χ3n) is 7.49. The largest absolute Gasteiger partial charge is 0.481 e.